The van der Waals surface area contributed by atoms with Crippen molar-refractivity contribution in [3.63, 3.8) is 0 Å². The largest absolute Gasteiger partial charge is 0.472 e. The van der Waals surface area contributed by atoms with Gasteiger partial charge in [-0.3, -0.25) is 13.8 Å². The molecule has 0 aromatic rings. The minimum Gasteiger partial charge on any atom is -0.387 e. The van der Waals surface area contributed by atoms with Crippen LogP contribution in [0.25, 0.3) is 0 Å². The Morgan fingerprint density at radius 3 is 1.16 bits per heavy atom. The van der Waals surface area contributed by atoms with E-state index in [0.29, 0.717) is 17.4 Å². The summed E-state index contributed by atoms with van der Waals surface area (Å²) >= 11 is 0. The molecule has 3 unspecified atom stereocenters. The van der Waals surface area contributed by atoms with Crippen LogP contribution in [0, 0.1) is 0 Å². The zero-order valence-electron chi connectivity index (χ0n) is 46.6. The smallest absolute Gasteiger partial charge is 0.387 e. The average Bonchev–Trinajstić information content (AvgIpc) is 3.31. The molecule has 3 atom stereocenters. The molecule has 8 nitrogen and oxygen atoms in total. The van der Waals surface area contributed by atoms with Gasteiger partial charge in [0.2, 0.25) is 5.91 Å². The monoisotopic (exact) mass is 994 g/mol. The van der Waals surface area contributed by atoms with E-state index >= 15 is 0 Å². The van der Waals surface area contributed by atoms with Gasteiger partial charge >= 0.3 is 7.82 Å². The average molecular weight is 995 g/mol. The van der Waals surface area contributed by atoms with Gasteiger partial charge in [0, 0.05) is 6.42 Å². The molecule has 0 saturated heterocycles. The maximum atomic E-state index is 13.0. The van der Waals surface area contributed by atoms with Crippen molar-refractivity contribution in [1.82, 2.24) is 5.32 Å². The second-order valence-electron chi connectivity index (χ2n) is 21.7. The number of nitrogens with one attached hydrogen (secondary N) is 1. The predicted octanol–water partition coefficient (Wildman–Crippen LogP) is 18.2. The van der Waals surface area contributed by atoms with E-state index < -0.39 is 20.0 Å². The Bertz CT molecular complexity index is 1220. The molecule has 0 spiro atoms. The fraction of sp³-hybridized carbons (Fsp3) is 0.883. The van der Waals surface area contributed by atoms with Crippen molar-refractivity contribution in [1.29, 1.82) is 0 Å². The summed E-state index contributed by atoms with van der Waals surface area (Å²) in [6, 6.07) is -0.868. The van der Waals surface area contributed by atoms with Crippen LogP contribution in [-0.4, -0.2) is 73.4 Å². The molecule has 1 amide bonds. The van der Waals surface area contributed by atoms with Crippen LogP contribution in [0.2, 0.25) is 0 Å². The highest BCUT2D eigenvalue weighted by molar-refractivity contribution is 7.47. The fourth-order valence-electron chi connectivity index (χ4n) is 8.90. The van der Waals surface area contributed by atoms with Crippen LogP contribution in [0.1, 0.15) is 290 Å². The summed E-state index contributed by atoms with van der Waals surface area (Å²) in [5.41, 5.74) is 0. The van der Waals surface area contributed by atoms with Crippen LogP contribution in [-0.2, 0) is 18.4 Å². The highest BCUT2D eigenvalue weighted by atomic mass is 31.2. The number of quaternary nitrogens is 1. The molecule has 0 aromatic carbocycles. The molecule has 0 aliphatic carbocycles. The number of phosphoric ester groups is 1. The van der Waals surface area contributed by atoms with Crippen molar-refractivity contribution in [2.45, 2.75) is 302 Å². The Hall–Kier alpha value is -1.28. The third-order valence-electron chi connectivity index (χ3n) is 13.6. The third-order valence-corrected chi connectivity index (χ3v) is 14.6. The lowest BCUT2D eigenvalue weighted by Gasteiger charge is -2.25. The molecule has 0 bridgehead atoms. The number of likely N-dealkylation sites (N-methyl/N-ethyl adjacent to an activating group) is 1. The number of hydrogen-bond acceptors (Lipinski definition) is 5. The number of rotatable bonds is 55. The molecule has 9 heteroatoms. The molecule has 408 valence electrons. The summed E-state index contributed by atoms with van der Waals surface area (Å²) in [4.78, 5) is 23.3. The molecular formula is C60H118N2O6P+. The summed E-state index contributed by atoms with van der Waals surface area (Å²) in [6.45, 7) is 4.83. The van der Waals surface area contributed by atoms with Crippen molar-refractivity contribution < 1.29 is 32.9 Å². The van der Waals surface area contributed by atoms with E-state index in [-0.39, 0.29) is 19.1 Å². The molecule has 0 aliphatic heterocycles. The van der Waals surface area contributed by atoms with Crippen LogP contribution in [0.4, 0.5) is 0 Å². The minimum absolute atomic E-state index is 0.0552. The van der Waals surface area contributed by atoms with Gasteiger partial charge in [0.15, 0.2) is 0 Å². The quantitative estimate of drug-likeness (QED) is 0.0243. The van der Waals surface area contributed by atoms with Crippen molar-refractivity contribution in [3.05, 3.63) is 36.5 Å². The highest BCUT2D eigenvalue weighted by Crippen LogP contribution is 2.43. The number of allylic oxidation sites excluding steroid dienone is 5. The standard InChI is InChI=1S/C60H117N2O6P/c1-6-8-10-12-14-16-18-20-22-24-26-27-28-29-30-31-32-33-34-36-37-39-41-43-45-47-49-51-53-59(63)58(57-68-69(65,66)67-56-55-62(3,4)5)61-60(64)54-52-50-48-46-44-42-40-38-35-25-23-21-19-17-15-13-11-9-7-2/h36-37,43,45,51,53,58-59,63H,6-35,38-42,44,46-50,52,54-57H2,1-5H3,(H-,61,64,65,66)/p+1/b37-36+,45-43+,53-51+. The number of aliphatic hydroxyl groups is 1. The van der Waals surface area contributed by atoms with Gasteiger partial charge in [0.1, 0.15) is 13.2 Å². The predicted molar refractivity (Wildman–Crippen MR) is 300 cm³/mol. The van der Waals surface area contributed by atoms with Crippen LogP contribution >= 0.6 is 7.82 Å². The summed E-state index contributed by atoms with van der Waals surface area (Å²) in [5, 5.41) is 13.9. The topological polar surface area (TPSA) is 105 Å². The van der Waals surface area contributed by atoms with Gasteiger partial charge in [-0.25, -0.2) is 4.57 Å². The summed E-state index contributed by atoms with van der Waals surface area (Å²) in [6.07, 6.45) is 66.9. The van der Waals surface area contributed by atoms with Crippen molar-refractivity contribution in [2.24, 2.45) is 0 Å². The number of unbranched alkanes of at least 4 members (excludes halogenated alkanes) is 38. The van der Waals surface area contributed by atoms with Gasteiger partial charge < -0.3 is 19.8 Å². The van der Waals surface area contributed by atoms with Crippen LogP contribution in [0.3, 0.4) is 0 Å². The first-order valence-corrected chi connectivity index (χ1v) is 31.4. The molecule has 0 radical (unpaired) electrons. The Morgan fingerprint density at radius 2 is 0.797 bits per heavy atom. The Kier molecular flexibility index (Phi) is 50.7. The summed E-state index contributed by atoms with van der Waals surface area (Å²) in [5.74, 6) is -0.186. The van der Waals surface area contributed by atoms with Gasteiger partial charge in [0.05, 0.1) is 39.9 Å². The Labute approximate surface area is 429 Å². The molecule has 0 heterocycles. The first-order valence-electron chi connectivity index (χ1n) is 29.9. The Balaban J connectivity index is 4.23. The lowest BCUT2D eigenvalue weighted by molar-refractivity contribution is -0.870. The maximum absolute atomic E-state index is 13.0. The fourth-order valence-corrected chi connectivity index (χ4v) is 9.64. The van der Waals surface area contributed by atoms with Gasteiger partial charge in [0.25, 0.3) is 0 Å². The first-order chi connectivity index (χ1) is 33.5. The highest BCUT2D eigenvalue weighted by Gasteiger charge is 2.27. The maximum Gasteiger partial charge on any atom is 0.472 e. The molecule has 69 heavy (non-hydrogen) atoms. The van der Waals surface area contributed by atoms with E-state index in [9.17, 15) is 19.4 Å². The van der Waals surface area contributed by atoms with Gasteiger partial charge in [-0.05, 0) is 44.9 Å². The Morgan fingerprint density at radius 1 is 0.478 bits per heavy atom. The number of nitrogens with zero attached hydrogens (tertiary/aromatic N) is 1. The van der Waals surface area contributed by atoms with Gasteiger partial charge in [-0.15, -0.1) is 0 Å². The molecule has 0 aliphatic rings. The molecular weight excluding hydrogens is 876 g/mol. The molecule has 3 N–H and O–H groups in total. The number of aliphatic hydroxyl groups excluding tert-OH is 1. The van der Waals surface area contributed by atoms with E-state index in [2.05, 4.69) is 43.5 Å². The zero-order chi connectivity index (χ0) is 50.6. The second-order valence-corrected chi connectivity index (χ2v) is 23.2. The number of hydrogen-bond donors (Lipinski definition) is 3. The van der Waals surface area contributed by atoms with Crippen molar-refractivity contribution >= 4 is 13.7 Å². The van der Waals surface area contributed by atoms with Crippen LogP contribution in [0.5, 0.6) is 0 Å². The van der Waals surface area contributed by atoms with E-state index in [1.54, 1.807) is 6.08 Å². The van der Waals surface area contributed by atoms with Gasteiger partial charge in [-0.2, -0.15) is 0 Å². The van der Waals surface area contributed by atoms with E-state index in [1.165, 1.54) is 225 Å². The number of carbonyl (C=O) groups is 1. The third kappa shape index (κ3) is 54.3. The number of phosphoric acid groups is 1. The second kappa shape index (κ2) is 51.6. The van der Waals surface area contributed by atoms with E-state index in [0.717, 1.165) is 44.9 Å². The van der Waals surface area contributed by atoms with Crippen molar-refractivity contribution in [2.75, 3.05) is 40.9 Å². The number of carbonyl (C=O) groups excluding carboxylic acids is 1. The van der Waals surface area contributed by atoms with E-state index in [1.807, 2.05) is 27.2 Å². The molecule has 0 aromatic heterocycles. The van der Waals surface area contributed by atoms with E-state index in [4.69, 9.17) is 9.05 Å². The van der Waals surface area contributed by atoms with Crippen LogP contribution < -0.4 is 5.32 Å². The first kappa shape index (κ1) is 67.7. The minimum atomic E-state index is -4.36. The lowest BCUT2D eigenvalue weighted by atomic mass is 10.0. The number of amides is 1. The van der Waals surface area contributed by atoms with Gasteiger partial charge in [-0.1, -0.05) is 275 Å². The lowest BCUT2D eigenvalue weighted by Crippen LogP contribution is -2.45. The molecule has 0 rings (SSSR count). The van der Waals surface area contributed by atoms with Crippen molar-refractivity contribution in [3.8, 4) is 0 Å². The summed E-state index contributed by atoms with van der Waals surface area (Å²) in [7, 11) is 1.56. The van der Waals surface area contributed by atoms with Crippen LogP contribution in [0.15, 0.2) is 36.5 Å². The summed E-state index contributed by atoms with van der Waals surface area (Å²) < 4.78 is 23.7. The molecule has 0 saturated carbocycles. The zero-order valence-corrected chi connectivity index (χ0v) is 47.5. The SMILES string of the molecule is CCCCCCCCCCCCCCCCCCCC/C=C/CC/C=C/CC/C=C/C(O)C(COP(=O)(O)OCC[N+](C)(C)C)NC(=O)CCCCCCCCCCCCCCCCCCCCC. The molecule has 0 fully saturated rings. The normalized spacial score (nSPS) is 14.1.